The van der Waals surface area contributed by atoms with Gasteiger partial charge in [0.2, 0.25) is 0 Å². The molecular weight excluding hydrogens is 173 g/mol. The van der Waals surface area contributed by atoms with Gasteiger partial charge in [-0.1, -0.05) is 6.92 Å². The van der Waals surface area contributed by atoms with Gasteiger partial charge < -0.3 is 0 Å². The average molecular weight is 181 g/mol. The highest BCUT2D eigenvalue weighted by molar-refractivity contribution is 7.99. The molecule has 0 atom stereocenters. The third kappa shape index (κ3) is 1.99. The van der Waals surface area contributed by atoms with E-state index >= 15 is 0 Å². The fraction of sp³-hybridized carbons (Fsp3) is 0.222. The molecule has 0 saturated carbocycles. The second-order valence-electron chi connectivity index (χ2n) is 2.19. The minimum atomic E-state index is -0.355. The molecule has 12 heavy (non-hydrogen) atoms. The van der Waals surface area contributed by atoms with Gasteiger partial charge in [0.25, 0.3) is 0 Å². The largest absolute Gasteiger partial charge is 0.207 e. The topological polar surface area (TPSA) is 23.8 Å². The molecule has 0 aromatic heterocycles. The Morgan fingerprint density at radius 1 is 1.58 bits per heavy atom. The van der Waals surface area contributed by atoms with E-state index in [1.165, 1.54) is 12.1 Å². The summed E-state index contributed by atoms with van der Waals surface area (Å²) >= 11 is 1.55. The molecule has 1 aromatic rings. The third-order valence-corrected chi connectivity index (χ3v) is 2.32. The van der Waals surface area contributed by atoms with Crippen LogP contribution in [0.1, 0.15) is 12.5 Å². The van der Waals surface area contributed by atoms with Gasteiger partial charge in [0, 0.05) is 4.90 Å². The van der Waals surface area contributed by atoms with Gasteiger partial charge in [-0.15, -0.1) is 11.8 Å². The van der Waals surface area contributed by atoms with Crippen LogP contribution in [0.5, 0.6) is 0 Å². The van der Waals surface area contributed by atoms with Gasteiger partial charge in [-0.2, -0.15) is 5.26 Å². The number of nitriles is 1. The Bertz CT molecular complexity index is 317. The van der Waals surface area contributed by atoms with Crippen LogP contribution >= 0.6 is 11.8 Å². The minimum absolute atomic E-state index is 0.355. The van der Waals surface area contributed by atoms with Crippen LogP contribution in [-0.4, -0.2) is 5.75 Å². The summed E-state index contributed by atoms with van der Waals surface area (Å²) < 4.78 is 12.6. The summed E-state index contributed by atoms with van der Waals surface area (Å²) in [5.41, 5.74) is 0.418. The lowest BCUT2D eigenvalue weighted by Crippen LogP contribution is -1.83. The van der Waals surface area contributed by atoms with Gasteiger partial charge >= 0.3 is 0 Å². The monoisotopic (exact) mass is 181 g/mol. The molecule has 0 heterocycles. The maximum absolute atomic E-state index is 12.6. The van der Waals surface area contributed by atoms with Crippen LogP contribution < -0.4 is 0 Å². The van der Waals surface area contributed by atoms with Crippen LogP contribution in [0.4, 0.5) is 4.39 Å². The lowest BCUT2D eigenvalue weighted by atomic mass is 10.2. The van der Waals surface area contributed by atoms with Crippen molar-refractivity contribution < 1.29 is 4.39 Å². The van der Waals surface area contributed by atoms with Gasteiger partial charge in [-0.25, -0.2) is 4.39 Å². The van der Waals surface area contributed by atoms with Crippen molar-refractivity contribution in [2.45, 2.75) is 11.8 Å². The van der Waals surface area contributed by atoms with E-state index in [0.29, 0.717) is 5.56 Å². The first-order valence-corrected chi connectivity index (χ1v) is 4.59. The quantitative estimate of drug-likeness (QED) is 0.655. The molecule has 0 bridgehead atoms. The van der Waals surface area contributed by atoms with Crippen molar-refractivity contribution in [1.82, 2.24) is 0 Å². The Kier molecular flexibility index (Phi) is 3.12. The lowest BCUT2D eigenvalue weighted by Gasteiger charge is -2.00. The average Bonchev–Trinajstić information content (AvgIpc) is 2.08. The van der Waals surface area contributed by atoms with E-state index in [9.17, 15) is 4.39 Å². The number of halogens is 1. The highest BCUT2D eigenvalue weighted by atomic mass is 32.2. The van der Waals surface area contributed by atoms with Gasteiger partial charge in [0.05, 0.1) is 5.56 Å². The second-order valence-corrected chi connectivity index (χ2v) is 3.49. The van der Waals surface area contributed by atoms with Crippen LogP contribution in [-0.2, 0) is 0 Å². The first-order valence-electron chi connectivity index (χ1n) is 3.60. The van der Waals surface area contributed by atoms with Crippen molar-refractivity contribution in [3.05, 3.63) is 29.6 Å². The van der Waals surface area contributed by atoms with Gasteiger partial charge in [-0.3, -0.25) is 0 Å². The van der Waals surface area contributed by atoms with E-state index in [1.54, 1.807) is 17.8 Å². The zero-order valence-corrected chi connectivity index (χ0v) is 7.49. The second kappa shape index (κ2) is 4.13. The van der Waals surface area contributed by atoms with Crippen LogP contribution in [0.2, 0.25) is 0 Å². The smallest absolute Gasteiger partial charge is 0.124 e. The maximum atomic E-state index is 12.6. The maximum Gasteiger partial charge on any atom is 0.124 e. The number of nitrogens with zero attached hydrogens (tertiary/aromatic N) is 1. The molecular formula is C9H8FNS. The molecule has 0 saturated heterocycles. The predicted octanol–water partition coefficient (Wildman–Crippen LogP) is 2.81. The molecule has 3 heteroatoms. The Hall–Kier alpha value is -1.01. The summed E-state index contributed by atoms with van der Waals surface area (Å²) in [4.78, 5) is 0.849. The van der Waals surface area contributed by atoms with Crippen LogP contribution in [0.3, 0.4) is 0 Å². The van der Waals surface area contributed by atoms with Gasteiger partial charge in [0.15, 0.2) is 0 Å². The van der Waals surface area contributed by atoms with Gasteiger partial charge in [-0.05, 0) is 24.0 Å². The standard InChI is InChI=1S/C9H8FNS/c1-2-12-9-4-3-8(10)5-7(9)6-11/h3-5H,2H2,1H3. The number of thioether (sulfide) groups is 1. The molecule has 0 aliphatic heterocycles. The summed E-state index contributed by atoms with van der Waals surface area (Å²) in [6.45, 7) is 2.00. The summed E-state index contributed by atoms with van der Waals surface area (Å²) in [6, 6.07) is 6.24. The summed E-state index contributed by atoms with van der Waals surface area (Å²) in [7, 11) is 0. The molecule has 1 aromatic carbocycles. The Morgan fingerprint density at radius 2 is 2.33 bits per heavy atom. The predicted molar refractivity (Wildman–Crippen MR) is 47.5 cm³/mol. The highest BCUT2D eigenvalue weighted by Gasteiger charge is 2.02. The molecule has 0 amide bonds. The van der Waals surface area contributed by atoms with E-state index in [4.69, 9.17) is 5.26 Å². The summed E-state index contributed by atoms with van der Waals surface area (Å²) in [5, 5.41) is 8.64. The molecule has 62 valence electrons. The van der Waals surface area contributed by atoms with E-state index in [1.807, 2.05) is 13.0 Å². The molecule has 0 aliphatic carbocycles. The molecule has 0 fully saturated rings. The number of hydrogen-bond acceptors (Lipinski definition) is 2. The molecule has 0 spiro atoms. The number of benzene rings is 1. The Balaban J connectivity index is 3.05. The molecule has 1 nitrogen and oxygen atoms in total. The van der Waals surface area contributed by atoms with E-state index < -0.39 is 0 Å². The van der Waals surface area contributed by atoms with Crippen molar-refractivity contribution in [2.75, 3.05) is 5.75 Å². The molecule has 0 aliphatic rings. The summed E-state index contributed by atoms with van der Waals surface area (Å²) in [6.07, 6.45) is 0. The minimum Gasteiger partial charge on any atom is -0.207 e. The third-order valence-electron chi connectivity index (χ3n) is 1.36. The van der Waals surface area contributed by atoms with Crippen LogP contribution in [0, 0.1) is 17.1 Å². The SMILES string of the molecule is CCSc1ccc(F)cc1C#N. The van der Waals surface area contributed by atoms with Crippen LogP contribution in [0.15, 0.2) is 23.1 Å². The van der Waals surface area contributed by atoms with Crippen molar-refractivity contribution >= 4 is 11.8 Å². The Morgan fingerprint density at radius 3 is 2.92 bits per heavy atom. The number of rotatable bonds is 2. The van der Waals surface area contributed by atoms with Gasteiger partial charge in [0.1, 0.15) is 11.9 Å². The van der Waals surface area contributed by atoms with Crippen molar-refractivity contribution in [3.8, 4) is 6.07 Å². The fourth-order valence-electron chi connectivity index (χ4n) is 0.871. The molecule has 0 unspecified atom stereocenters. The highest BCUT2D eigenvalue weighted by Crippen LogP contribution is 2.22. The molecule has 0 N–H and O–H groups in total. The molecule has 0 radical (unpaired) electrons. The van der Waals surface area contributed by atoms with Crippen LogP contribution in [0.25, 0.3) is 0 Å². The molecule has 1 rings (SSSR count). The van der Waals surface area contributed by atoms with E-state index in [0.717, 1.165) is 10.6 Å². The zero-order chi connectivity index (χ0) is 8.97. The van der Waals surface area contributed by atoms with Crippen molar-refractivity contribution in [2.24, 2.45) is 0 Å². The van der Waals surface area contributed by atoms with Crippen molar-refractivity contribution in [3.63, 3.8) is 0 Å². The fourth-order valence-corrected chi connectivity index (χ4v) is 1.61. The Labute approximate surface area is 75.2 Å². The lowest BCUT2D eigenvalue weighted by molar-refractivity contribution is 0.626. The van der Waals surface area contributed by atoms with Crippen molar-refractivity contribution in [1.29, 1.82) is 5.26 Å². The normalized spacial score (nSPS) is 9.42. The first kappa shape index (κ1) is 9.08. The summed E-state index contributed by atoms with van der Waals surface area (Å²) in [5.74, 6) is 0.535. The zero-order valence-electron chi connectivity index (χ0n) is 6.67. The first-order chi connectivity index (χ1) is 5.77. The number of hydrogen-bond donors (Lipinski definition) is 0. The van der Waals surface area contributed by atoms with E-state index in [2.05, 4.69) is 0 Å². The van der Waals surface area contributed by atoms with E-state index in [-0.39, 0.29) is 5.82 Å².